The van der Waals surface area contributed by atoms with Gasteiger partial charge in [-0.2, -0.15) is 0 Å². The summed E-state index contributed by atoms with van der Waals surface area (Å²) in [5.41, 5.74) is 2.72. The zero-order chi connectivity index (χ0) is 18.1. The van der Waals surface area contributed by atoms with Crippen LogP contribution in [0, 0.1) is 0 Å². The topological polar surface area (TPSA) is 108 Å². The lowest BCUT2D eigenvalue weighted by Crippen LogP contribution is -2.18. The van der Waals surface area contributed by atoms with Gasteiger partial charge < -0.3 is 9.84 Å². The summed E-state index contributed by atoms with van der Waals surface area (Å²) >= 11 is 0. The largest absolute Gasteiger partial charge is 0.508 e. The third-order valence-electron chi connectivity index (χ3n) is 3.26. The van der Waals surface area contributed by atoms with E-state index in [4.69, 9.17) is 9.94 Å². The normalized spacial score (nSPS) is 11.7. The first-order valence-corrected chi connectivity index (χ1v) is 7.50. The van der Waals surface area contributed by atoms with Crippen LogP contribution >= 0.6 is 0 Å². The van der Waals surface area contributed by atoms with Crippen LogP contribution in [0.25, 0.3) is 0 Å². The molecule has 0 aliphatic carbocycles. The number of rotatable bonds is 6. The van der Waals surface area contributed by atoms with Gasteiger partial charge in [0.05, 0.1) is 0 Å². The average Bonchev–Trinajstić information content (AvgIpc) is 2.62. The second kappa shape index (κ2) is 9.09. The number of aromatic hydroxyl groups is 1. The number of nitrogens with one attached hydrogen (secondary N) is 2. The number of benzene rings is 2. The number of phenols is 1. The second-order valence-corrected chi connectivity index (χ2v) is 5.09. The summed E-state index contributed by atoms with van der Waals surface area (Å²) in [5.74, 6) is -0.593. The molecule has 25 heavy (non-hydrogen) atoms. The van der Waals surface area contributed by atoms with Crippen molar-refractivity contribution >= 4 is 17.7 Å². The van der Waals surface area contributed by atoms with Gasteiger partial charge in [-0.15, -0.1) is 0 Å². The maximum atomic E-state index is 12.1. The van der Waals surface area contributed by atoms with E-state index in [1.54, 1.807) is 36.4 Å². The van der Waals surface area contributed by atoms with E-state index in [2.05, 4.69) is 5.32 Å². The molecule has 0 aromatic heterocycles. The van der Waals surface area contributed by atoms with Crippen LogP contribution < -0.4 is 10.8 Å². The SMILES string of the molecule is O=C(/C=C/C[C@H](OC(=O)Nc1ccccc1)c1ccc(O)cc1)NO. The lowest BCUT2D eigenvalue weighted by molar-refractivity contribution is -0.124. The van der Waals surface area contributed by atoms with Crippen molar-refractivity contribution in [1.29, 1.82) is 0 Å². The Hall–Kier alpha value is -3.32. The Labute approximate surface area is 144 Å². The number of hydroxylamine groups is 1. The molecule has 1 atom stereocenters. The highest BCUT2D eigenvalue weighted by molar-refractivity contribution is 5.86. The maximum absolute atomic E-state index is 12.1. The standard InChI is InChI=1S/C18H18N2O5/c21-15-11-9-13(10-12-15)16(7-4-8-17(22)20-24)25-18(23)19-14-5-2-1-3-6-14/h1-6,8-12,16,21,24H,7H2,(H,19,23)(H,20,22)/b8-4+/t16-/m0/s1. The van der Waals surface area contributed by atoms with Crippen molar-refractivity contribution in [2.24, 2.45) is 0 Å². The Kier molecular flexibility index (Phi) is 6.56. The molecule has 2 rings (SSSR count). The first kappa shape index (κ1) is 18.0. The van der Waals surface area contributed by atoms with Crippen LogP contribution in [0.5, 0.6) is 5.75 Å². The molecular formula is C18H18N2O5. The van der Waals surface area contributed by atoms with E-state index in [-0.39, 0.29) is 12.2 Å². The van der Waals surface area contributed by atoms with E-state index in [1.807, 2.05) is 6.07 Å². The van der Waals surface area contributed by atoms with Gasteiger partial charge in [-0.3, -0.25) is 15.3 Å². The van der Waals surface area contributed by atoms with Crippen molar-refractivity contribution in [3.63, 3.8) is 0 Å². The highest BCUT2D eigenvalue weighted by Crippen LogP contribution is 2.24. The Morgan fingerprint density at radius 1 is 1.08 bits per heavy atom. The smallest absolute Gasteiger partial charge is 0.412 e. The number of hydrogen-bond acceptors (Lipinski definition) is 5. The number of carbonyl (C=O) groups excluding carboxylic acids is 2. The molecule has 0 saturated carbocycles. The first-order chi connectivity index (χ1) is 12.1. The van der Waals surface area contributed by atoms with Crippen molar-refractivity contribution in [1.82, 2.24) is 5.48 Å². The molecule has 0 saturated heterocycles. The van der Waals surface area contributed by atoms with Gasteiger partial charge in [0.1, 0.15) is 11.9 Å². The van der Waals surface area contributed by atoms with E-state index in [0.717, 1.165) is 6.08 Å². The molecule has 0 heterocycles. The summed E-state index contributed by atoms with van der Waals surface area (Å²) in [6, 6.07) is 15.0. The van der Waals surface area contributed by atoms with Gasteiger partial charge in [-0.1, -0.05) is 36.4 Å². The van der Waals surface area contributed by atoms with E-state index in [0.29, 0.717) is 11.3 Å². The molecule has 0 fully saturated rings. The minimum Gasteiger partial charge on any atom is -0.508 e. The van der Waals surface area contributed by atoms with Crippen LogP contribution in [0.3, 0.4) is 0 Å². The number of para-hydroxylation sites is 1. The number of hydrogen-bond donors (Lipinski definition) is 4. The summed E-state index contributed by atoms with van der Waals surface area (Å²) in [5, 5.41) is 20.5. The van der Waals surface area contributed by atoms with Gasteiger partial charge >= 0.3 is 6.09 Å². The maximum Gasteiger partial charge on any atom is 0.412 e. The number of amides is 2. The van der Waals surface area contributed by atoms with Crippen LogP contribution in [-0.2, 0) is 9.53 Å². The van der Waals surface area contributed by atoms with Gasteiger partial charge in [0.2, 0.25) is 0 Å². The molecule has 0 radical (unpaired) electrons. The summed E-state index contributed by atoms with van der Waals surface area (Å²) in [6.45, 7) is 0. The van der Waals surface area contributed by atoms with Crippen LogP contribution in [0.2, 0.25) is 0 Å². The predicted molar refractivity (Wildman–Crippen MR) is 91.1 cm³/mol. The molecule has 7 nitrogen and oxygen atoms in total. The van der Waals surface area contributed by atoms with Crippen molar-refractivity contribution in [3.05, 3.63) is 72.3 Å². The van der Waals surface area contributed by atoms with Crippen LogP contribution in [0.15, 0.2) is 66.7 Å². The van der Waals surface area contributed by atoms with Crippen molar-refractivity contribution in [3.8, 4) is 5.75 Å². The second-order valence-electron chi connectivity index (χ2n) is 5.09. The summed E-state index contributed by atoms with van der Waals surface area (Å²) in [7, 11) is 0. The molecule has 0 spiro atoms. The van der Waals surface area contributed by atoms with Gasteiger partial charge in [0.25, 0.3) is 5.91 Å². The van der Waals surface area contributed by atoms with Gasteiger partial charge in [-0.25, -0.2) is 10.3 Å². The fourth-order valence-electron chi connectivity index (χ4n) is 2.08. The highest BCUT2D eigenvalue weighted by Gasteiger charge is 2.16. The van der Waals surface area contributed by atoms with Gasteiger partial charge in [-0.05, 0) is 29.8 Å². The molecule has 7 heteroatoms. The van der Waals surface area contributed by atoms with Gasteiger partial charge in [0.15, 0.2) is 0 Å². The summed E-state index contributed by atoms with van der Waals surface area (Å²) in [6.07, 6.45) is 1.49. The Bertz CT molecular complexity index is 729. The highest BCUT2D eigenvalue weighted by atomic mass is 16.6. The zero-order valence-electron chi connectivity index (χ0n) is 13.3. The Balaban J connectivity index is 2.07. The molecule has 0 aliphatic heterocycles. The van der Waals surface area contributed by atoms with Crippen LogP contribution in [0.4, 0.5) is 10.5 Å². The quantitative estimate of drug-likeness (QED) is 0.366. The Morgan fingerprint density at radius 2 is 1.76 bits per heavy atom. The van der Waals surface area contributed by atoms with Crippen LogP contribution in [-0.4, -0.2) is 22.3 Å². The lowest BCUT2D eigenvalue weighted by atomic mass is 10.1. The molecule has 0 bridgehead atoms. The number of carbonyl (C=O) groups is 2. The van der Waals surface area contributed by atoms with Crippen molar-refractivity contribution < 1.29 is 24.6 Å². The summed E-state index contributed by atoms with van der Waals surface area (Å²) < 4.78 is 5.42. The third-order valence-corrected chi connectivity index (χ3v) is 3.26. The minimum atomic E-state index is -0.682. The number of ether oxygens (including phenoxy) is 1. The molecule has 2 amide bonds. The minimum absolute atomic E-state index is 0.0893. The summed E-state index contributed by atoms with van der Waals surface area (Å²) in [4.78, 5) is 23.1. The van der Waals surface area contributed by atoms with E-state index in [9.17, 15) is 14.7 Å². The molecule has 0 unspecified atom stereocenters. The fraction of sp³-hybridized carbons (Fsp3) is 0.111. The monoisotopic (exact) mass is 342 g/mol. The molecule has 4 N–H and O–H groups in total. The predicted octanol–water partition coefficient (Wildman–Crippen LogP) is 3.13. The Morgan fingerprint density at radius 3 is 2.40 bits per heavy atom. The number of anilines is 1. The van der Waals surface area contributed by atoms with E-state index in [1.165, 1.54) is 23.7 Å². The van der Waals surface area contributed by atoms with Crippen molar-refractivity contribution in [2.45, 2.75) is 12.5 Å². The van der Waals surface area contributed by atoms with Crippen molar-refractivity contribution in [2.75, 3.05) is 5.32 Å². The first-order valence-electron chi connectivity index (χ1n) is 7.50. The molecule has 0 aliphatic rings. The number of phenolic OH excluding ortho intramolecular Hbond substituents is 1. The van der Waals surface area contributed by atoms with E-state index < -0.39 is 18.1 Å². The van der Waals surface area contributed by atoms with Crippen LogP contribution in [0.1, 0.15) is 18.1 Å². The molecular weight excluding hydrogens is 324 g/mol. The average molecular weight is 342 g/mol. The van der Waals surface area contributed by atoms with E-state index >= 15 is 0 Å². The zero-order valence-corrected chi connectivity index (χ0v) is 13.3. The lowest BCUT2D eigenvalue weighted by Gasteiger charge is -2.17. The molecule has 130 valence electrons. The third kappa shape index (κ3) is 6.00. The van der Waals surface area contributed by atoms with Gasteiger partial charge in [0, 0.05) is 18.2 Å². The fourth-order valence-corrected chi connectivity index (χ4v) is 2.08. The molecule has 2 aromatic carbocycles. The molecule has 2 aromatic rings.